The van der Waals surface area contributed by atoms with E-state index >= 15 is 0 Å². The van der Waals surface area contributed by atoms with E-state index in [4.69, 9.17) is 9.26 Å². The predicted molar refractivity (Wildman–Crippen MR) is 111 cm³/mol. The monoisotopic (exact) mass is 455 g/mol. The largest absolute Gasteiger partial charge is 0.373 e. The lowest BCUT2D eigenvalue weighted by Gasteiger charge is -2.33. The van der Waals surface area contributed by atoms with Crippen LogP contribution in [0, 0.1) is 17.5 Å². The fraction of sp³-hybridized carbons (Fsp3) is 0.174. The van der Waals surface area contributed by atoms with Crippen LogP contribution in [0.4, 0.5) is 13.2 Å². The number of aromatic amines is 1. The van der Waals surface area contributed by atoms with Crippen LogP contribution in [-0.4, -0.2) is 34.6 Å². The molecule has 1 aliphatic rings. The van der Waals surface area contributed by atoms with Gasteiger partial charge in [0.25, 0.3) is 11.5 Å². The summed E-state index contributed by atoms with van der Waals surface area (Å²) in [4.78, 5) is 29.5. The van der Waals surface area contributed by atoms with Crippen molar-refractivity contribution in [2.45, 2.75) is 12.6 Å². The van der Waals surface area contributed by atoms with Gasteiger partial charge >= 0.3 is 0 Å². The quantitative estimate of drug-likeness (QED) is 0.506. The highest BCUT2D eigenvalue weighted by Gasteiger charge is 2.32. The van der Waals surface area contributed by atoms with E-state index in [9.17, 15) is 22.8 Å². The van der Waals surface area contributed by atoms with Crippen molar-refractivity contribution in [3.8, 4) is 11.3 Å². The van der Waals surface area contributed by atoms with Crippen molar-refractivity contribution in [1.82, 2.24) is 15.0 Å². The van der Waals surface area contributed by atoms with Crippen LogP contribution in [0.15, 0.2) is 51.8 Å². The summed E-state index contributed by atoms with van der Waals surface area (Å²) >= 11 is 0. The smallest absolute Gasteiger partial charge is 0.276 e. The first kappa shape index (κ1) is 21.0. The standard InChI is InChI=1S/C23H16F3N3O4/c1-29(23(31)17-8-20(33-28-17)11-2-4-12(24)5-3-11)19-10-32-9-18-21(19)13-6-15(25)16(26)7-14(13)22(30)27-18/h2-8,19H,9-10H2,1H3,(H,27,30)/t19-/m0/s1. The van der Waals surface area contributed by atoms with Gasteiger partial charge in [-0.15, -0.1) is 0 Å². The zero-order valence-corrected chi connectivity index (χ0v) is 17.2. The van der Waals surface area contributed by atoms with Crippen molar-refractivity contribution < 1.29 is 27.2 Å². The average Bonchev–Trinajstić information content (AvgIpc) is 3.30. The minimum absolute atomic E-state index is 0.00472. The molecule has 33 heavy (non-hydrogen) atoms. The van der Waals surface area contributed by atoms with Crippen molar-refractivity contribution in [1.29, 1.82) is 0 Å². The number of carbonyl (C=O) groups is 1. The first-order valence-electron chi connectivity index (χ1n) is 9.95. The van der Waals surface area contributed by atoms with Gasteiger partial charge in [0, 0.05) is 29.9 Å². The third kappa shape index (κ3) is 3.58. The van der Waals surface area contributed by atoms with Crippen LogP contribution in [-0.2, 0) is 11.3 Å². The summed E-state index contributed by atoms with van der Waals surface area (Å²) in [6.07, 6.45) is 0. The highest BCUT2D eigenvalue weighted by molar-refractivity contribution is 5.94. The van der Waals surface area contributed by atoms with Crippen LogP contribution >= 0.6 is 0 Å². The lowest BCUT2D eigenvalue weighted by atomic mass is 9.95. The lowest BCUT2D eigenvalue weighted by molar-refractivity contribution is 0.0330. The van der Waals surface area contributed by atoms with Gasteiger partial charge in [0.1, 0.15) is 5.82 Å². The number of fused-ring (bicyclic) bond motifs is 3. The number of H-pyrrole nitrogens is 1. The maximum atomic E-state index is 14.0. The van der Waals surface area contributed by atoms with E-state index < -0.39 is 35.0 Å². The van der Waals surface area contributed by atoms with Crippen LogP contribution < -0.4 is 5.56 Å². The summed E-state index contributed by atoms with van der Waals surface area (Å²) < 4.78 is 51.8. The number of ether oxygens (including phenoxy) is 1. The van der Waals surface area contributed by atoms with E-state index in [1.54, 1.807) is 0 Å². The summed E-state index contributed by atoms with van der Waals surface area (Å²) in [5.74, 6) is -2.89. The van der Waals surface area contributed by atoms with E-state index in [1.165, 1.54) is 42.3 Å². The summed E-state index contributed by atoms with van der Waals surface area (Å²) in [6.45, 7) is 0.120. The van der Waals surface area contributed by atoms with E-state index in [0.29, 0.717) is 16.8 Å². The number of likely N-dealkylation sites (N-methyl/N-ethyl adjacent to an activating group) is 1. The molecule has 1 atom stereocenters. The van der Waals surface area contributed by atoms with Crippen molar-refractivity contribution >= 4 is 16.7 Å². The predicted octanol–water partition coefficient (Wildman–Crippen LogP) is 3.94. The van der Waals surface area contributed by atoms with Gasteiger partial charge in [-0.3, -0.25) is 9.59 Å². The third-order valence-corrected chi connectivity index (χ3v) is 5.69. The second-order valence-corrected chi connectivity index (χ2v) is 7.69. The maximum Gasteiger partial charge on any atom is 0.276 e. The Morgan fingerprint density at radius 3 is 2.52 bits per heavy atom. The number of halogens is 3. The summed E-state index contributed by atoms with van der Waals surface area (Å²) in [6, 6.07) is 8.02. The zero-order chi connectivity index (χ0) is 23.3. The fourth-order valence-corrected chi connectivity index (χ4v) is 4.00. The number of benzene rings is 2. The average molecular weight is 455 g/mol. The topological polar surface area (TPSA) is 88.4 Å². The van der Waals surface area contributed by atoms with Crippen LogP contribution in [0.25, 0.3) is 22.1 Å². The van der Waals surface area contributed by atoms with E-state index in [1.807, 2.05) is 0 Å². The van der Waals surface area contributed by atoms with Gasteiger partial charge < -0.3 is 19.1 Å². The second-order valence-electron chi connectivity index (χ2n) is 7.69. The number of hydrogen-bond donors (Lipinski definition) is 1. The number of carbonyl (C=O) groups excluding carboxylic acids is 1. The lowest BCUT2D eigenvalue weighted by Crippen LogP contribution is -2.37. The molecule has 4 aromatic rings. The van der Waals surface area contributed by atoms with Gasteiger partial charge in [-0.1, -0.05) is 5.16 Å². The Morgan fingerprint density at radius 1 is 1.09 bits per heavy atom. The fourth-order valence-electron chi connectivity index (χ4n) is 4.00. The Hall–Kier alpha value is -3.92. The van der Waals surface area contributed by atoms with Gasteiger partial charge in [-0.05, 0) is 41.8 Å². The third-order valence-electron chi connectivity index (χ3n) is 5.69. The molecule has 0 fully saturated rings. The molecular formula is C23H16F3N3O4. The number of nitrogens with zero attached hydrogens (tertiary/aromatic N) is 2. The van der Waals surface area contributed by atoms with Crippen LogP contribution in [0.5, 0.6) is 0 Å². The van der Waals surface area contributed by atoms with Crippen LogP contribution in [0.2, 0.25) is 0 Å². The molecule has 0 bridgehead atoms. The molecular weight excluding hydrogens is 439 g/mol. The summed E-state index contributed by atoms with van der Waals surface area (Å²) in [5.41, 5.74) is 0.795. The highest BCUT2D eigenvalue weighted by atomic mass is 19.2. The number of amides is 1. The van der Waals surface area contributed by atoms with Gasteiger partial charge in [-0.2, -0.15) is 0 Å². The molecule has 0 unspecified atom stereocenters. The molecule has 3 heterocycles. The molecule has 0 radical (unpaired) electrons. The van der Waals surface area contributed by atoms with Gasteiger partial charge in [0.15, 0.2) is 23.1 Å². The molecule has 0 spiro atoms. The van der Waals surface area contributed by atoms with Crippen LogP contribution in [0.1, 0.15) is 27.8 Å². The maximum absolute atomic E-state index is 14.0. The minimum atomic E-state index is -1.14. The van der Waals surface area contributed by atoms with Gasteiger partial charge in [0.2, 0.25) is 0 Å². The Labute approximate surface area is 184 Å². The number of rotatable bonds is 3. The molecule has 168 valence electrons. The number of nitrogens with one attached hydrogen (secondary N) is 1. The highest BCUT2D eigenvalue weighted by Crippen LogP contribution is 2.34. The summed E-state index contributed by atoms with van der Waals surface area (Å²) in [7, 11) is 1.51. The minimum Gasteiger partial charge on any atom is -0.373 e. The van der Waals surface area contributed by atoms with Gasteiger partial charge in [-0.25, -0.2) is 13.2 Å². The molecule has 0 saturated heterocycles. The molecule has 0 aliphatic carbocycles. The first-order chi connectivity index (χ1) is 15.8. The molecule has 7 nitrogen and oxygen atoms in total. The van der Waals surface area contributed by atoms with E-state index in [2.05, 4.69) is 10.1 Å². The second kappa shape index (κ2) is 7.89. The Morgan fingerprint density at radius 2 is 1.79 bits per heavy atom. The number of pyridine rings is 1. The molecule has 1 amide bonds. The molecule has 2 aromatic carbocycles. The molecule has 5 rings (SSSR count). The van der Waals surface area contributed by atoms with Crippen molar-refractivity contribution in [2.24, 2.45) is 0 Å². The molecule has 0 saturated carbocycles. The van der Waals surface area contributed by atoms with Crippen LogP contribution in [0.3, 0.4) is 0 Å². The Balaban J connectivity index is 1.53. The Kier molecular flexibility index (Phi) is 5.01. The molecule has 2 aromatic heterocycles. The zero-order valence-electron chi connectivity index (χ0n) is 17.2. The van der Waals surface area contributed by atoms with Crippen molar-refractivity contribution in [3.05, 3.63) is 87.2 Å². The van der Waals surface area contributed by atoms with E-state index in [0.717, 1.165) is 12.1 Å². The first-order valence-corrected chi connectivity index (χ1v) is 9.95. The van der Waals surface area contributed by atoms with Gasteiger partial charge in [0.05, 0.1) is 24.6 Å². The number of hydrogen-bond acceptors (Lipinski definition) is 5. The summed E-state index contributed by atoms with van der Waals surface area (Å²) in [5, 5.41) is 4.00. The van der Waals surface area contributed by atoms with E-state index in [-0.39, 0.29) is 35.4 Å². The van der Waals surface area contributed by atoms with Crippen molar-refractivity contribution in [2.75, 3.05) is 13.7 Å². The van der Waals surface area contributed by atoms with Crippen molar-refractivity contribution in [3.63, 3.8) is 0 Å². The Bertz CT molecular complexity index is 1450. The normalized spacial score (nSPS) is 15.5. The SMILES string of the molecule is CN(C(=O)c1cc(-c2ccc(F)cc2)on1)[C@H]1COCc2[nH]c(=O)c3cc(F)c(F)cc3c21. The molecule has 1 N–H and O–H groups in total. The number of aromatic nitrogens is 2. The molecule has 1 aliphatic heterocycles. The molecule has 10 heteroatoms.